The summed E-state index contributed by atoms with van der Waals surface area (Å²) in [5, 5.41) is 9.67. The van der Waals surface area contributed by atoms with Crippen molar-refractivity contribution in [3.8, 4) is 10.7 Å². The molecular weight excluding hydrogens is 210 g/mol. The molecule has 15 heavy (non-hydrogen) atoms. The van der Waals surface area contributed by atoms with Crippen molar-refractivity contribution in [3.05, 3.63) is 18.3 Å². The van der Waals surface area contributed by atoms with Crippen LogP contribution in [0.5, 0.6) is 0 Å². The second kappa shape index (κ2) is 3.82. The first-order chi connectivity index (χ1) is 7.18. The van der Waals surface area contributed by atoms with Crippen molar-refractivity contribution in [2.75, 3.05) is 24.7 Å². The monoisotopic (exact) mass is 221 g/mol. The van der Waals surface area contributed by atoms with Crippen LogP contribution in [0.3, 0.4) is 0 Å². The number of rotatable bonds is 2. The van der Waals surface area contributed by atoms with Crippen molar-refractivity contribution in [3.63, 3.8) is 0 Å². The minimum absolute atomic E-state index is 0.624. The Kier molecular flexibility index (Phi) is 2.51. The second-order valence-corrected chi connectivity index (χ2v) is 4.18. The van der Waals surface area contributed by atoms with Crippen LogP contribution in [0.4, 0.5) is 10.8 Å². The first kappa shape index (κ1) is 9.85. The third-order valence-electron chi connectivity index (χ3n) is 1.84. The first-order valence-corrected chi connectivity index (χ1v) is 5.22. The number of aromatic nitrogens is 3. The number of anilines is 2. The number of nitrogen functional groups attached to an aromatic ring is 1. The minimum Gasteiger partial charge on any atom is -0.397 e. The fraction of sp³-hybridized carbons (Fsp3) is 0.222. The zero-order valence-electron chi connectivity index (χ0n) is 8.51. The Morgan fingerprint density at radius 1 is 1.33 bits per heavy atom. The highest BCUT2D eigenvalue weighted by atomic mass is 32.1. The number of nitrogens with zero attached hydrogens (tertiary/aromatic N) is 4. The molecule has 78 valence electrons. The SMILES string of the molecule is CN(C)c1nnc(-c2ncccc2N)s1. The third kappa shape index (κ3) is 1.89. The molecule has 0 aliphatic heterocycles. The molecule has 0 spiro atoms. The minimum atomic E-state index is 0.624. The standard InChI is InChI=1S/C9H11N5S/c1-14(2)9-13-12-8(15-9)7-6(10)4-3-5-11-7/h3-5H,10H2,1-2H3. The van der Waals surface area contributed by atoms with Crippen LogP contribution in [-0.4, -0.2) is 29.3 Å². The molecule has 0 aromatic carbocycles. The summed E-state index contributed by atoms with van der Waals surface area (Å²) in [6.45, 7) is 0. The smallest absolute Gasteiger partial charge is 0.208 e. The third-order valence-corrected chi connectivity index (χ3v) is 2.94. The van der Waals surface area contributed by atoms with Gasteiger partial charge in [-0.15, -0.1) is 10.2 Å². The summed E-state index contributed by atoms with van der Waals surface area (Å²) in [5.74, 6) is 0. The molecule has 2 aromatic rings. The Morgan fingerprint density at radius 2 is 2.13 bits per heavy atom. The van der Waals surface area contributed by atoms with Gasteiger partial charge in [-0.05, 0) is 12.1 Å². The van der Waals surface area contributed by atoms with Gasteiger partial charge in [-0.3, -0.25) is 4.98 Å². The highest BCUT2D eigenvalue weighted by Crippen LogP contribution is 2.29. The summed E-state index contributed by atoms with van der Waals surface area (Å²) in [7, 11) is 3.85. The van der Waals surface area contributed by atoms with Crippen molar-refractivity contribution in [1.82, 2.24) is 15.2 Å². The Bertz CT molecular complexity index is 465. The lowest BCUT2D eigenvalue weighted by molar-refractivity contribution is 1.02. The molecule has 0 fully saturated rings. The van der Waals surface area contributed by atoms with Gasteiger partial charge in [0.2, 0.25) is 5.13 Å². The second-order valence-electron chi connectivity index (χ2n) is 3.23. The van der Waals surface area contributed by atoms with E-state index in [1.807, 2.05) is 19.0 Å². The van der Waals surface area contributed by atoms with Crippen molar-refractivity contribution in [2.24, 2.45) is 0 Å². The lowest BCUT2D eigenvalue weighted by atomic mass is 10.3. The molecule has 0 bridgehead atoms. The highest BCUT2D eigenvalue weighted by molar-refractivity contribution is 7.18. The summed E-state index contributed by atoms with van der Waals surface area (Å²) >= 11 is 1.47. The van der Waals surface area contributed by atoms with Gasteiger partial charge in [-0.1, -0.05) is 11.3 Å². The Labute approximate surface area is 91.6 Å². The molecule has 0 aliphatic rings. The summed E-state index contributed by atoms with van der Waals surface area (Å²) < 4.78 is 0. The largest absolute Gasteiger partial charge is 0.397 e. The molecule has 2 N–H and O–H groups in total. The average Bonchev–Trinajstić information content (AvgIpc) is 2.67. The van der Waals surface area contributed by atoms with Gasteiger partial charge in [0.1, 0.15) is 5.69 Å². The fourth-order valence-electron chi connectivity index (χ4n) is 1.09. The van der Waals surface area contributed by atoms with E-state index in [-0.39, 0.29) is 0 Å². The molecule has 0 unspecified atom stereocenters. The van der Waals surface area contributed by atoms with Crippen molar-refractivity contribution in [2.45, 2.75) is 0 Å². The quantitative estimate of drug-likeness (QED) is 0.826. The average molecular weight is 221 g/mol. The molecule has 0 aliphatic carbocycles. The van der Waals surface area contributed by atoms with Gasteiger partial charge in [-0.2, -0.15) is 0 Å². The molecule has 0 amide bonds. The van der Waals surface area contributed by atoms with E-state index in [1.54, 1.807) is 18.3 Å². The maximum absolute atomic E-state index is 5.80. The van der Waals surface area contributed by atoms with Crippen LogP contribution < -0.4 is 10.6 Å². The number of hydrogen-bond donors (Lipinski definition) is 1. The van der Waals surface area contributed by atoms with Crippen LogP contribution >= 0.6 is 11.3 Å². The van der Waals surface area contributed by atoms with Crippen molar-refractivity contribution >= 4 is 22.2 Å². The first-order valence-electron chi connectivity index (χ1n) is 4.40. The molecule has 0 saturated carbocycles. The summed E-state index contributed by atoms with van der Waals surface area (Å²) in [5.41, 5.74) is 7.12. The van der Waals surface area contributed by atoms with E-state index in [0.29, 0.717) is 11.4 Å². The molecule has 0 radical (unpaired) electrons. The van der Waals surface area contributed by atoms with Crippen LogP contribution in [0.15, 0.2) is 18.3 Å². The molecule has 5 nitrogen and oxygen atoms in total. The maximum Gasteiger partial charge on any atom is 0.208 e. The molecular formula is C9H11N5S. The van der Waals surface area contributed by atoms with E-state index in [4.69, 9.17) is 5.73 Å². The molecule has 6 heteroatoms. The molecule has 2 heterocycles. The predicted octanol–water partition coefficient (Wildman–Crippen LogP) is 1.25. The van der Waals surface area contributed by atoms with Crippen LogP contribution in [0.1, 0.15) is 0 Å². The van der Waals surface area contributed by atoms with Crippen LogP contribution in [0.25, 0.3) is 10.7 Å². The van der Waals surface area contributed by atoms with E-state index in [0.717, 1.165) is 10.1 Å². The highest BCUT2D eigenvalue weighted by Gasteiger charge is 2.11. The fourth-order valence-corrected chi connectivity index (χ4v) is 1.87. The molecule has 0 saturated heterocycles. The predicted molar refractivity (Wildman–Crippen MR) is 61.9 cm³/mol. The van der Waals surface area contributed by atoms with Gasteiger partial charge in [0.25, 0.3) is 0 Å². The van der Waals surface area contributed by atoms with Crippen LogP contribution in [0.2, 0.25) is 0 Å². The van der Waals surface area contributed by atoms with Crippen LogP contribution in [0, 0.1) is 0 Å². The van der Waals surface area contributed by atoms with Crippen LogP contribution in [-0.2, 0) is 0 Å². The van der Waals surface area contributed by atoms with Crippen molar-refractivity contribution in [1.29, 1.82) is 0 Å². The zero-order valence-corrected chi connectivity index (χ0v) is 9.32. The van der Waals surface area contributed by atoms with E-state index in [2.05, 4.69) is 15.2 Å². The zero-order chi connectivity index (χ0) is 10.8. The van der Waals surface area contributed by atoms with E-state index < -0.39 is 0 Å². The van der Waals surface area contributed by atoms with Crippen molar-refractivity contribution < 1.29 is 0 Å². The van der Waals surface area contributed by atoms with Gasteiger partial charge in [-0.25, -0.2) is 0 Å². The number of hydrogen-bond acceptors (Lipinski definition) is 6. The van der Waals surface area contributed by atoms with Gasteiger partial charge in [0.15, 0.2) is 5.01 Å². The van der Waals surface area contributed by atoms with E-state index in [1.165, 1.54) is 11.3 Å². The Hall–Kier alpha value is -1.69. The summed E-state index contributed by atoms with van der Waals surface area (Å²) in [6.07, 6.45) is 1.70. The Balaban J connectivity index is 2.42. The molecule has 2 aromatic heterocycles. The van der Waals surface area contributed by atoms with Gasteiger partial charge in [0, 0.05) is 20.3 Å². The summed E-state index contributed by atoms with van der Waals surface area (Å²) in [6, 6.07) is 3.60. The lowest BCUT2D eigenvalue weighted by Crippen LogP contribution is -2.07. The normalized spacial score (nSPS) is 10.3. The van der Waals surface area contributed by atoms with Gasteiger partial charge in [0.05, 0.1) is 5.69 Å². The van der Waals surface area contributed by atoms with Gasteiger partial charge >= 0.3 is 0 Å². The molecule has 0 atom stereocenters. The molecule has 2 rings (SSSR count). The lowest BCUT2D eigenvalue weighted by Gasteiger charge is -2.03. The summed E-state index contributed by atoms with van der Waals surface area (Å²) in [4.78, 5) is 6.09. The number of nitrogens with two attached hydrogens (primary N) is 1. The topological polar surface area (TPSA) is 67.9 Å². The van der Waals surface area contributed by atoms with E-state index >= 15 is 0 Å². The van der Waals surface area contributed by atoms with E-state index in [9.17, 15) is 0 Å². The van der Waals surface area contributed by atoms with Gasteiger partial charge < -0.3 is 10.6 Å². The maximum atomic E-state index is 5.80. The Morgan fingerprint density at radius 3 is 2.73 bits per heavy atom. The number of pyridine rings is 1.